The second-order valence-electron chi connectivity index (χ2n) is 7.28. The van der Waals surface area contributed by atoms with Crippen LogP contribution in [-0.4, -0.2) is 16.8 Å². The van der Waals surface area contributed by atoms with Gasteiger partial charge >= 0.3 is 6.03 Å². The molecule has 3 aromatic carbocycles. The van der Waals surface area contributed by atoms with E-state index in [0.717, 1.165) is 22.6 Å². The first-order valence-electron chi connectivity index (χ1n) is 10.4. The van der Waals surface area contributed by atoms with Crippen LogP contribution < -0.4 is 10.1 Å². The van der Waals surface area contributed by atoms with Crippen molar-refractivity contribution in [2.24, 2.45) is 0 Å². The second kappa shape index (κ2) is 9.30. The Morgan fingerprint density at radius 1 is 0.903 bits per heavy atom. The van der Waals surface area contributed by atoms with Gasteiger partial charge in [0.05, 0.1) is 6.04 Å². The van der Waals surface area contributed by atoms with Crippen LogP contribution in [0, 0.1) is 0 Å². The summed E-state index contributed by atoms with van der Waals surface area (Å²) in [6.07, 6.45) is 2.86. The topological polar surface area (TPSA) is 58.6 Å². The van der Waals surface area contributed by atoms with Gasteiger partial charge in [-0.1, -0.05) is 79.7 Å². The molecule has 5 nitrogen and oxygen atoms in total. The number of imide groups is 1. The Hall–Kier alpha value is -3.86. The van der Waals surface area contributed by atoms with Gasteiger partial charge in [-0.25, -0.2) is 4.79 Å². The summed E-state index contributed by atoms with van der Waals surface area (Å²) < 4.78 is 6.00. The van der Waals surface area contributed by atoms with E-state index in [2.05, 4.69) is 5.32 Å². The Bertz CT molecular complexity index is 1090. The lowest BCUT2D eigenvalue weighted by Crippen LogP contribution is -2.34. The molecule has 156 valence electrons. The monoisotopic (exact) mass is 412 g/mol. The molecule has 0 saturated carbocycles. The highest BCUT2D eigenvalue weighted by atomic mass is 16.5. The van der Waals surface area contributed by atoms with Gasteiger partial charge in [-0.3, -0.25) is 9.69 Å². The van der Waals surface area contributed by atoms with Crippen LogP contribution >= 0.6 is 0 Å². The fourth-order valence-corrected chi connectivity index (χ4v) is 3.71. The molecular formula is C26H24N2O3. The molecule has 1 unspecified atom stereocenters. The molecule has 0 aromatic heterocycles. The molecule has 1 aliphatic heterocycles. The fourth-order valence-electron chi connectivity index (χ4n) is 3.71. The Balaban J connectivity index is 1.53. The van der Waals surface area contributed by atoms with E-state index in [1.54, 1.807) is 6.08 Å². The fraction of sp³-hybridized carbons (Fsp3) is 0.154. The number of para-hydroxylation sites is 2. The lowest BCUT2D eigenvalue weighted by molar-refractivity contribution is -0.124. The summed E-state index contributed by atoms with van der Waals surface area (Å²) in [4.78, 5) is 27.0. The Kier molecular flexibility index (Phi) is 6.13. The number of urea groups is 1. The quantitative estimate of drug-likeness (QED) is 0.405. The normalized spacial score (nSPS) is 15.8. The standard InChI is InChI=1S/C26H24N2O3/c1-2-23(19-11-5-3-6-12-19)28-25(29)22(27-26(28)30)18-17-20-13-9-10-16-24(20)31-21-14-7-4-8-15-21/h3-16,18,23H,2,17H2,1H3,(H,27,30)/b22-18-. The number of nitrogens with zero attached hydrogens (tertiary/aromatic N) is 1. The maximum atomic E-state index is 13.0. The largest absolute Gasteiger partial charge is 0.457 e. The third-order valence-electron chi connectivity index (χ3n) is 5.26. The Morgan fingerprint density at radius 2 is 1.55 bits per heavy atom. The van der Waals surface area contributed by atoms with E-state index in [1.807, 2.05) is 91.9 Å². The van der Waals surface area contributed by atoms with Crippen molar-refractivity contribution >= 4 is 11.9 Å². The van der Waals surface area contributed by atoms with Crippen molar-refractivity contribution in [2.45, 2.75) is 25.8 Å². The molecule has 4 rings (SSSR count). The molecule has 1 atom stereocenters. The highest BCUT2D eigenvalue weighted by Crippen LogP contribution is 2.29. The summed E-state index contributed by atoms with van der Waals surface area (Å²) in [6, 6.07) is 26.2. The number of ether oxygens (including phenoxy) is 1. The average molecular weight is 412 g/mol. The minimum absolute atomic E-state index is 0.298. The first-order chi connectivity index (χ1) is 15.2. The highest BCUT2D eigenvalue weighted by Gasteiger charge is 2.38. The molecule has 3 amide bonds. The molecule has 1 saturated heterocycles. The summed E-state index contributed by atoms with van der Waals surface area (Å²) in [5.41, 5.74) is 2.17. The summed E-state index contributed by atoms with van der Waals surface area (Å²) in [5.74, 6) is 1.16. The zero-order valence-electron chi connectivity index (χ0n) is 17.3. The number of carbonyl (C=O) groups is 2. The number of amides is 3. The van der Waals surface area contributed by atoms with Crippen LogP contribution in [0.15, 0.2) is 96.7 Å². The molecule has 3 aromatic rings. The summed E-state index contributed by atoms with van der Waals surface area (Å²) in [5, 5.41) is 2.74. The van der Waals surface area contributed by atoms with Crippen molar-refractivity contribution < 1.29 is 14.3 Å². The summed E-state index contributed by atoms with van der Waals surface area (Å²) in [6.45, 7) is 1.97. The molecule has 1 N–H and O–H groups in total. The van der Waals surface area contributed by atoms with E-state index in [9.17, 15) is 9.59 Å². The molecule has 1 fully saturated rings. The van der Waals surface area contributed by atoms with Crippen LogP contribution in [0.4, 0.5) is 4.79 Å². The Morgan fingerprint density at radius 3 is 2.26 bits per heavy atom. The molecule has 1 aliphatic rings. The molecule has 0 aliphatic carbocycles. The van der Waals surface area contributed by atoms with Crippen molar-refractivity contribution in [2.75, 3.05) is 0 Å². The van der Waals surface area contributed by atoms with E-state index in [4.69, 9.17) is 4.74 Å². The van der Waals surface area contributed by atoms with Gasteiger partial charge in [0.2, 0.25) is 0 Å². The van der Waals surface area contributed by atoms with E-state index in [-0.39, 0.29) is 18.0 Å². The van der Waals surface area contributed by atoms with E-state index >= 15 is 0 Å². The number of hydrogen-bond donors (Lipinski definition) is 1. The third-order valence-corrected chi connectivity index (χ3v) is 5.26. The SMILES string of the molecule is CCC(c1ccccc1)N1C(=O)N/C(=C\Cc2ccccc2Oc2ccccc2)C1=O. The molecule has 0 bridgehead atoms. The predicted molar refractivity (Wildman–Crippen MR) is 120 cm³/mol. The van der Waals surface area contributed by atoms with Crippen LogP contribution in [-0.2, 0) is 11.2 Å². The zero-order valence-corrected chi connectivity index (χ0v) is 17.3. The highest BCUT2D eigenvalue weighted by molar-refractivity contribution is 6.12. The van der Waals surface area contributed by atoms with Crippen molar-refractivity contribution in [1.29, 1.82) is 0 Å². The van der Waals surface area contributed by atoms with Crippen molar-refractivity contribution in [3.63, 3.8) is 0 Å². The van der Waals surface area contributed by atoms with Crippen LogP contribution in [0.3, 0.4) is 0 Å². The maximum Gasteiger partial charge on any atom is 0.329 e. The van der Waals surface area contributed by atoms with Crippen molar-refractivity contribution in [3.05, 3.63) is 108 Å². The first kappa shape index (κ1) is 20.4. The summed E-state index contributed by atoms with van der Waals surface area (Å²) >= 11 is 0. The number of allylic oxidation sites excluding steroid dienone is 1. The van der Waals surface area contributed by atoms with E-state index < -0.39 is 0 Å². The van der Waals surface area contributed by atoms with Gasteiger partial charge in [0.25, 0.3) is 5.91 Å². The zero-order chi connectivity index (χ0) is 21.6. The van der Waals surface area contributed by atoms with Gasteiger partial charge in [-0.05, 0) is 42.2 Å². The van der Waals surface area contributed by atoms with E-state index in [0.29, 0.717) is 18.5 Å². The van der Waals surface area contributed by atoms with Crippen LogP contribution in [0.2, 0.25) is 0 Å². The number of nitrogens with one attached hydrogen (secondary N) is 1. The third kappa shape index (κ3) is 4.51. The second-order valence-corrected chi connectivity index (χ2v) is 7.28. The lowest BCUT2D eigenvalue weighted by Gasteiger charge is -2.24. The minimum atomic E-state index is -0.388. The summed E-state index contributed by atoms with van der Waals surface area (Å²) in [7, 11) is 0. The van der Waals surface area contributed by atoms with Crippen molar-refractivity contribution in [3.8, 4) is 11.5 Å². The molecule has 0 radical (unpaired) electrons. The van der Waals surface area contributed by atoms with Gasteiger partial charge in [0.1, 0.15) is 17.2 Å². The number of hydrogen-bond acceptors (Lipinski definition) is 3. The molecular weight excluding hydrogens is 388 g/mol. The Labute approximate surface area is 182 Å². The number of rotatable bonds is 7. The minimum Gasteiger partial charge on any atom is -0.457 e. The molecule has 31 heavy (non-hydrogen) atoms. The van der Waals surface area contributed by atoms with Crippen molar-refractivity contribution in [1.82, 2.24) is 10.2 Å². The van der Waals surface area contributed by atoms with E-state index in [1.165, 1.54) is 4.90 Å². The van der Waals surface area contributed by atoms with Gasteiger partial charge in [0, 0.05) is 0 Å². The van der Waals surface area contributed by atoms with Gasteiger partial charge < -0.3 is 10.1 Å². The molecule has 0 spiro atoms. The number of benzene rings is 3. The molecule has 5 heteroatoms. The average Bonchev–Trinajstić information content (AvgIpc) is 3.09. The van der Waals surface area contributed by atoms with Gasteiger partial charge in [-0.2, -0.15) is 0 Å². The molecule has 1 heterocycles. The van der Waals surface area contributed by atoms with Crippen LogP contribution in [0.5, 0.6) is 11.5 Å². The maximum absolute atomic E-state index is 13.0. The van der Waals surface area contributed by atoms with Gasteiger partial charge in [0.15, 0.2) is 0 Å². The van der Waals surface area contributed by atoms with Crippen LogP contribution in [0.1, 0.15) is 30.5 Å². The predicted octanol–water partition coefficient (Wildman–Crippen LogP) is 5.61. The first-order valence-corrected chi connectivity index (χ1v) is 10.4. The smallest absolute Gasteiger partial charge is 0.329 e. The lowest BCUT2D eigenvalue weighted by atomic mass is 10.0. The van der Waals surface area contributed by atoms with Gasteiger partial charge in [-0.15, -0.1) is 0 Å². The number of carbonyl (C=O) groups excluding carboxylic acids is 2. The van der Waals surface area contributed by atoms with Crippen LogP contribution in [0.25, 0.3) is 0 Å².